The smallest absolute Gasteiger partial charge is 0.229 e. The van der Waals surface area contributed by atoms with Crippen molar-refractivity contribution < 1.29 is 29.9 Å². The first-order valence-corrected chi connectivity index (χ1v) is 14.9. The predicted octanol–water partition coefficient (Wildman–Crippen LogP) is 2.65. The lowest BCUT2D eigenvalue weighted by Gasteiger charge is -2.39. The Morgan fingerprint density at radius 1 is 0.906 bits per heavy atom. The molecular formula is C25H36O6Si. The van der Waals surface area contributed by atoms with E-state index >= 15 is 0 Å². The average molecular weight is 461 g/mol. The van der Waals surface area contributed by atoms with Gasteiger partial charge in [-0.15, -0.1) is 0 Å². The molecule has 0 bridgehead atoms. The lowest BCUT2D eigenvalue weighted by molar-refractivity contribution is -0.277. The number of benzene rings is 2. The lowest BCUT2D eigenvalue weighted by Crippen LogP contribution is -2.60. The number of aliphatic hydroxyl groups is 4. The predicted molar refractivity (Wildman–Crippen MR) is 127 cm³/mol. The van der Waals surface area contributed by atoms with Gasteiger partial charge in [-0.1, -0.05) is 56.0 Å². The van der Waals surface area contributed by atoms with E-state index in [1.807, 2.05) is 19.1 Å². The molecule has 0 radical (unpaired) electrons. The molecule has 4 N–H and O–H groups in total. The fraction of sp³-hybridized carbons (Fsp3) is 0.520. The highest BCUT2D eigenvalue weighted by molar-refractivity contribution is 6.76. The minimum Gasteiger partial charge on any atom is -0.462 e. The summed E-state index contributed by atoms with van der Waals surface area (Å²) < 4.78 is 11.2. The molecule has 5 atom stereocenters. The van der Waals surface area contributed by atoms with Gasteiger partial charge in [0.1, 0.15) is 30.2 Å². The molecule has 1 heterocycles. The SMILES string of the molecule is Cc1ccc(O[C@@H]2O[C@H](CO)[C@@H](O)[C@H](O)[C@H]2O)cc1Cc1ccc(CC[Si](C)(C)C)cc1. The van der Waals surface area contributed by atoms with Crippen LogP contribution in [0.3, 0.4) is 0 Å². The Labute approximate surface area is 191 Å². The summed E-state index contributed by atoms with van der Waals surface area (Å²) in [5.41, 5.74) is 4.78. The molecular weight excluding hydrogens is 424 g/mol. The molecule has 0 unspecified atom stereocenters. The maximum absolute atomic E-state index is 10.2. The van der Waals surface area contributed by atoms with Crippen molar-refractivity contribution in [1.82, 2.24) is 0 Å². The van der Waals surface area contributed by atoms with Gasteiger partial charge in [-0.2, -0.15) is 0 Å². The van der Waals surface area contributed by atoms with E-state index in [0.29, 0.717) is 5.75 Å². The van der Waals surface area contributed by atoms with Crippen LogP contribution in [0.1, 0.15) is 22.3 Å². The molecule has 1 fully saturated rings. The van der Waals surface area contributed by atoms with Crippen LogP contribution in [-0.4, -0.2) is 65.8 Å². The summed E-state index contributed by atoms with van der Waals surface area (Å²) in [6.45, 7) is 8.73. The van der Waals surface area contributed by atoms with Crippen molar-refractivity contribution in [3.05, 3.63) is 64.7 Å². The van der Waals surface area contributed by atoms with Crippen LogP contribution in [0.25, 0.3) is 0 Å². The zero-order valence-corrected chi connectivity index (χ0v) is 20.4. The Kier molecular flexibility index (Phi) is 8.14. The van der Waals surface area contributed by atoms with Crippen molar-refractivity contribution >= 4 is 8.07 Å². The Morgan fingerprint density at radius 3 is 2.19 bits per heavy atom. The molecule has 1 aliphatic heterocycles. The number of ether oxygens (including phenoxy) is 2. The standard InChI is InChI=1S/C25H36O6Si/c1-16-5-10-20(30-25-24(29)23(28)22(27)21(15-26)31-25)14-19(16)13-18-8-6-17(7-9-18)11-12-32(2,3)4/h5-10,14,21-29H,11-13,15H2,1-4H3/t21-,22-,23+,24-,25-/m1/s1. The summed E-state index contributed by atoms with van der Waals surface area (Å²) in [7, 11) is -1.05. The third-order valence-electron chi connectivity index (χ3n) is 6.00. The average Bonchev–Trinajstić information content (AvgIpc) is 2.75. The third-order valence-corrected chi connectivity index (χ3v) is 7.75. The molecule has 1 aliphatic rings. The minimum atomic E-state index is -1.46. The summed E-state index contributed by atoms with van der Waals surface area (Å²) in [5.74, 6) is 0.488. The molecule has 0 saturated carbocycles. The second kappa shape index (κ2) is 10.5. The van der Waals surface area contributed by atoms with Crippen molar-refractivity contribution in [2.75, 3.05) is 6.61 Å². The highest BCUT2D eigenvalue weighted by atomic mass is 28.3. The van der Waals surface area contributed by atoms with E-state index < -0.39 is 45.4 Å². The van der Waals surface area contributed by atoms with Gasteiger partial charge < -0.3 is 29.9 Å². The van der Waals surface area contributed by atoms with Gasteiger partial charge in [0.15, 0.2) is 0 Å². The van der Waals surface area contributed by atoms with Crippen molar-refractivity contribution in [2.45, 2.75) is 76.2 Å². The topological polar surface area (TPSA) is 99.4 Å². The molecule has 176 valence electrons. The first kappa shape index (κ1) is 24.9. The van der Waals surface area contributed by atoms with Gasteiger partial charge in [0.2, 0.25) is 6.29 Å². The fourth-order valence-electron chi connectivity index (χ4n) is 3.77. The van der Waals surface area contributed by atoms with E-state index in [1.54, 1.807) is 6.07 Å². The summed E-state index contributed by atoms with van der Waals surface area (Å²) in [5, 5.41) is 39.5. The Morgan fingerprint density at radius 2 is 1.56 bits per heavy atom. The van der Waals surface area contributed by atoms with Gasteiger partial charge >= 0.3 is 0 Å². The zero-order chi connectivity index (χ0) is 23.5. The van der Waals surface area contributed by atoms with Gasteiger partial charge in [0, 0.05) is 8.07 Å². The Balaban J connectivity index is 1.68. The normalized spacial score (nSPS) is 26.2. The molecule has 0 aliphatic carbocycles. The van der Waals surface area contributed by atoms with Gasteiger partial charge in [-0.3, -0.25) is 0 Å². The Hall–Kier alpha value is -1.74. The van der Waals surface area contributed by atoms with Crippen LogP contribution >= 0.6 is 0 Å². The van der Waals surface area contributed by atoms with Crippen molar-refractivity contribution in [1.29, 1.82) is 0 Å². The number of aryl methyl sites for hydroxylation is 2. The van der Waals surface area contributed by atoms with Crippen molar-refractivity contribution in [2.24, 2.45) is 0 Å². The largest absolute Gasteiger partial charge is 0.462 e. The van der Waals surface area contributed by atoms with Crippen LogP contribution in [0.5, 0.6) is 5.75 Å². The van der Waals surface area contributed by atoms with Gasteiger partial charge in [0.25, 0.3) is 0 Å². The van der Waals surface area contributed by atoms with Crippen LogP contribution in [0.15, 0.2) is 42.5 Å². The van der Waals surface area contributed by atoms with Crippen LogP contribution in [-0.2, 0) is 17.6 Å². The van der Waals surface area contributed by atoms with Crippen LogP contribution in [0.4, 0.5) is 0 Å². The summed E-state index contributed by atoms with van der Waals surface area (Å²) in [4.78, 5) is 0. The highest BCUT2D eigenvalue weighted by Gasteiger charge is 2.44. The van der Waals surface area contributed by atoms with Crippen LogP contribution in [0.2, 0.25) is 25.7 Å². The first-order chi connectivity index (χ1) is 15.1. The summed E-state index contributed by atoms with van der Waals surface area (Å²) in [6, 6.07) is 15.7. The van der Waals surface area contributed by atoms with Crippen molar-refractivity contribution in [3.8, 4) is 5.75 Å². The van der Waals surface area contributed by atoms with E-state index in [2.05, 4.69) is 43.9 Å². The fourth-order valence-corrected chi connectivity index (χ4v) is 4.81. The number of hydrogen-bond donors (Lipinski definition) is 4. The van der Waals surface area contributed by atoms with Crippen LogP contribution < -0.4 is 4.74 Å². The minimum absolute atomic E-state index is 0.488. The highest BCUT2D eigenvalue weighted by Crippen LogP contribution is 2.27. The molecule has 2 aromatic carbocycles. The summed E-state index contributed by atoms with van der Waals surface area (Å²) >= 11 is 0. The second-order valence-electron chi connectivity index (χ2n) is 9.96. The maximum Gasteiger partial charge on any atom is 0.229 e. The maximum atomic E-state index is 10.2. The molecule has 0 spiro atoms. The van der Waals surface area contributed by atoms with Gasteiger partial charge in [0.05, 0.1) is 6.61 Å². The van der Waals surface area contributed by atoms with Gasteiger partial charge in [-0.05, 0) is 54.2 Å². The third kappa shape index (κ3) is 6.40. The first-order valence-electron chi connectivity index (χ1n) is 11.2. The lowest BCUT2D eigenvalue weighted by atomic mass is 9.98. The molecule has 2 aromatic rings. The number of rotatable bonds is 8. The summed E-state index contributed by atoms with van der Waals surface area (Å²) in [6.07, 6.45) is -4.62. The monoisotopic (exact) mass is 460 g/mol. The van der Waals surface area contributed by atoms with Crippen LogP contribution in [0, 0.1) is 6.92 Å². The molecule has 32 heavy (non-hydrogen) atoms. The van der Waals surface area contributed by atoms with E-state index in [-0.39, 0.29) is 0 Å². The number of hydrogen-bond acceptors (Lipinski definition) is 6. The molecule has 3 rings (SSSR count). The van der Waals surface area contributed by atoms with E-state index in [1.165, 1.54) is 17.2 Å². The van der Waals surface area contributed by atoms with Gasteiger partial charge in [-0.25, -0.2) is 0 Å². The zero-order valence-electron chi connectivity index (χ0n) is 19.4. The Bertz CT molecular complexity index is 877. The molecule has 0 amide bonds. The molecule has 1 saturated heterocycles. The molecule has 0 aromatic heterocycles. The van der Waals surface area contributed by atoms with E-state index in [9.17, 15) is 20.4 Å². The molecule has 7 heteroatoms. The quantitative estimate of drug-likeness (QED) is 0.452. The second-order valence-corrected chi connectivity index (χ2v) is 15.6. The van der Waals surface area contributed by atoms with E-state index in [4.69, 9.17) is 9.47 Å². The van der Waals surface area contributed by atoms with Crippen molar-refractivity contribution in [3.63, 3.8) is 0 Å². The molecule has 6 nitrogen and oxygen atoms in total. The van der Waals surface area contributed by atoms with E-state index in [0.717, 1.165) is 24.0 Å². The number of aliphatic hydroxyl groups excluding tert-OH is 4.